The van der Waals surface area contributed by atoms with Crippen molar-refractivity contribution in [2.24, 2.45) is 0 Å². The van der Waals surface area contributed by atoms with E-state index in [2.05, 4.69) is 31.0 Å². The third-order valence-corrected chi connectivity index (χ3v) is 4.50. The van der Waals surface area contributed by atoms with Crippen LogP contribution in [0.2, 0.25) is 0 Å². The van der Waals surface area contributed by atoms with Gasteiger partial charge in [0.25, 0.3) is 11.5 Å². The van der Waals surface area contributed by atoms with Crippen molar-refractivity contribution in [1.82, 2.24) is 19.8 Å². The molecule has 0 N–H and O–H groups in total. The third-order valence-electron chi connectivity index (χ3n) is 4.50. The molecule has 3 rings (SSSR count). The first-order valence-corrected chi connectivity index (χ1v) is 8.58. The summed E-state index contributed by atoms with van der Waals surface area (Å²) < 4.78 is 6.48. The summed E-state index contributed by atoms with van der Waals surface area (Å²) in [5.74, 6) is 0.453. The Morgan fingerprint density at radius 2 is 2.12 bits per heavy atom. The zero-order valence-corrected chi connectivity index (χ0v) is 15.2. The largest absolute Gasteiger partial charge is 0.361 e. The van der Waals surface area contributed by atoms with Gasteiger partial charge in [0.1, 0.15) is 5.76 Å². The fourth-order valence-electron chi connectivity index (χ4n) is 3.09. The van der Waals surface area contributed by atoms with Gasteiger partial charge in [-0.05, 0) is 25.8 Å². The second-order valence-corrected chi connectivity index (χ2v) is 7.61. The minimum atomic E-state index is -0.153. The number of rotatable bonds is 3. The summed E-state index contributed by atoms with van der Waals surface area (Å²) in [5.41, 5.74) is 0.881. The van der Waals surface area contributed by atoms with Gasteiger partial charge >= 0.3 is 0 Å². The normalized spacial score (nSPS) is 17.9. The molecule has 3 heterocycles. The van der Waals surface area contributed by atoms with Gasteiger partial charge in [0.05, 0.1) is 18.3 Å². The molecular weight excluding hydrogens is 320 g/mol. The summed E-state index contributed by atoms with van der Waals surface area (Å²) in [6.07, 6.45) is 1.75. The van der Waals surface area contributed by atoms with Gasteiger partial charge in [-0.1, -0.05) is 25.9 Å². The highest BCUT2D eigenvalue weighted by Gasteiger charge is 2.32. The number of likely N-dealkylation sites (tertiary alicyclic amines) is 1. The van der Waals surface area contributed by atoms with E-state index >= 15 is 0 Å². The lowest BCUT2D eigenvalue weighted by atomic mass is 9.92. The molecule has 0 radical (unpaired) electrons. The number of hydrogen-bond acceptors (Lipinski definition) is 5. The predicted octanol–water partition coefficient (Wildman–Crippen LogP) is 2.14. The lowest BCUT2D eigenvalue weighted by Gasteiger charge is -2.25. The average molecular weight is 344 g/mol. The molecule has 1 atom stereocenters. The van der Waals surface area contributed by atoms with Gasteiger partial charge in [0.15, 0.2) is 5.69 Å². The Hall–Kier alpha value is -2.44. The van der Waals surface area contributed by atoms with E-state index in [4.69, 9.17) is 4.52 Å². The number of nitrogens with zero attached hydrogens (tertiary/aromatic N) is 4. The second-order valence-electron chi connectivity index (χ2n) is 7.61. The van der Waals surface area contributed by atoms with Crippen LogP contribution in [0.5, 0.6) is 0 Å². The van der Waals surface area contributed by atoms with E-state index in [9.17, 15) is 9.59 Å². The third kappa shape index (κ3) is 3.65. The Morgan fingerprint density at radius 3 is 2.76 bits per heavy atom. The topological polar surface area (TPSA) is 81.2 Å². The Balaban J connectivity index is 1.82. The number of aryl methyl sites for hydroxylation is 1. The van der Waals surface area contributed by atoms with Crippen LogP contribution in [0.1, 0.15) is 55.6 Å². The summed E-state index contributed by atoms with van der Waals surface area (Å²) in [4.78, 5) is 26.6. The van der Waals surface area contributed by atoms with Crippen molar-refractivity contribution >= 4 is 5.91 Å². The van der Waals surface area contributed by atoms with E-state index in [-0.39, 0.29) is 22.9 Å². The molecule has 1 fully saturated rings. The minimum Gasteiger partial charge on any atom is -0.361 e. The van der Waals surface area contributed by atoms with Crippen LogP contribution in [0.4, 0.5) is 0 Å². The van der Waals surface area contributed by atoms with Crippen molar-refractivity contribution in [2.45, 2.75) is 58.5 Å². The summed E-state index contributed by atoms with van der Waals surface area (Å²) in [7, 11) is 0. The molecule has 1 amide bonds. The molecule has 0 spiro atoms. The lowest BCUT2D eigenvalue weighted by Crippen LogP contribution is -2.41. The second kappa shape index (κ2) is 6.46. The number of amides is 1. The number of carbonyl (C=O) groups is 1. The fraction of sp³-hybridized carbons (Fsp3) is 0.556. The van der Waals surface area contributed by atoms with Crippen LogP contribution in [-0.2, 0) is 12.0 Å². The number of carbonyl (C=O) groups excluding carboxylic acids is 1. The Kier molecular flexibility index (Phi) is 4.49. The quantitative estimate of drug-likeness (QED) is 0.852. The minimum absolute atomic E-state index is 0.0649. The summed E-state index contributed by atoms with van der Waals surface area (Å²) in [6.45, 7) is 8.98. The van der Waals surface area contributed by atoms with Gasteiger partial charge in [0.2, 0.25) is 0 Å². The maximum atomic E-state index is 12.7. The zero-order chi connectivity index (χ0) is 18.2. The van der Waals surface area contributed by atoms with Gasteiger partial charge in [-0.25, -0.2) is 4.68 Å². The molecule has 7 heteroatoms. The molecule has 1 unspecified atom stereocenters. The maximum absolute atomic E-state index is 12.7. The molecular formula is C18H24N4O3. The van der Waals surface area contributed by atoms with Gasteiger partial charge in [-0.2, -0.15) is 5.10 Å². The molecule has 1 aliphatic heterocycles. The standard InChI is InChI=1S/C18H24N4O3/c1-12-10-14(20-25-12)17(24)21-9-5-6-13(21)11-22-16(23)8-7-15(19-22)18(2,3)4/h7-8,10,13H,5-6,9,11H2,1-4H3. The molecule has 0 aliphatic carbocycles. The van der Waals surface area contributed by atoms with E-state index < -0.39 is 0 Å². The highest BCUT2D eigenvalue weighted by molar-refractivity contribution is 5.92. The fourth-order valence-corrected chi connectivity index (χ4v) is 3.09. The molecule has 25 heavy (non-hydrogen) atoms. The van der Waals surface area contributed by atoms with Crippen molar-refractivity contribution < 1.29 is 9.32 Å². The van der Waals surface area contributed by atoms with Gasteiger partial charge in [0, 0.05) is 24.1 Å². The molecule has 0 saturated carbocycles. The lowest BCUT2D eigenvalue weighted by molar-refractivity contribution is 0.0709. The van der Waals surface area contributed by atoms with Crippen LogP contribution in [0, 0.1) is 6.92 Å². The Morgan fingerprint density at radius 1 is 1.36 bits per heavy atom. The number of hydrogen-bond donors (Lipinski definition) is 0. The van der Waals surface area contributed by atoms with Gasteiger partial charge < -0.3 is 9.42 Å². The summed E-state index contributed by atoms with van der Waals surface area (Å²) >= 11 is 0. The molecule has 134 valence electrons. The first kappa shape index (κ1) is 17.4. The predicted molar refractivity (Wildman–Crippen MR) is 92.5 cm³/mol. The maximum Gasteiger partial charge on any atom is 0.276 e. The van der Waals surface area contributed by atoms with Crippen LogP contribution in [-0.4, -0.2) is 38.3 Å². The van der Waals surface area contributed by atoms with E-state index in [0.717, 1.165) is 18.5 Å². The van der Waals surface area contributed by atoms with E-state index in [1.54, 1.807) is 30.0 Å². The average Bonchev–Trinajstić information content (AvgIpc) is 3.16. The van der Waals surface area contributed by atoms with E-state index in [1.807, 2.05) is 0 Å². The molecule has 2 aromatic rings. The first-order chi connectivity index (χ1) is 11.8. The van der Waals surface area contributed by atoms with Crippen LogP contribution >= 0.6 is 0 Å². The monoisotopic (exact) mass is 344 g/mol. The van der Waals surface area contributed by atoms with Gasteiger partial charge in [-0.3, -0.25) is 9.59 Å². The van der Waals surface area contributed by atoms with Crippen molar-refractivity contribution in [3.8, 4) is 0 Å². The summed E-state index contributed by atoms with van der Waals surface area (Å²) in [6, 6.07) is 4.90. The van der Waals surface area contributed by atoms with Crippen molar-refractivity contribution in [2.75, 3.05) is 6.54 Å². The zero-order valence-electron chi connectivity index (χ0n) is 15.2. The van der Waals surface area contributed by atoms with Crippen LogP contribution in [0.3, 0.4) is 0 Å². The summed E-state index contributed by atoms with van der Waals surface area (Å²) in [5, 5.41) is 8.33. The molecule has 0 bridgehead atoms. The number of aromatic nitrogens is 3. The smallest absolute Gasteiger partial charge is 0.276 e. The van der Waals surface area contributed by atoms with Crippen molar-refractivity contribution in [3.05, 3.63) is 45.7 Å². The van der Waals surface area contributed by atoms with Crippen LogP contribution in [0.15, 0.2) is 27.5 Å². The molecule has 1 saturated heterocycles. The van der Waals surface area contributed by atoms with E-state index in [0.29, 0.717) is 24.5 Å². The van der Waals surface area contributed by atoms with Crippen molar-refractivity contribution in [3.63, 3.8) is 0 Å². The highest BCUT2D eigenvalue weighted by Crippen LogP contribution is 2.22. The first-order valence-electron chi connectivity index (χ1n) is 8.58. The Bertz CT molecular complexity index is 831. The molecule has 2 aromatic heterocycles. The van der Waals surface area contributed by atoms with E-state index in [1.165, 1.54) is 4.68 Å². The SMILES string of the molecule is Cc1cc(C(=O)N2CCCC2Cn2nc(C(C)(C)C)ccc2=O)no1. The highest BCUT2D eigenvalue weighted by atomic mass is 16.5. The molecule has 1 aliphatic rings. The van der Waals surface area contributed by atoms with Crippen LogP contribution in [0.25, 0.3) is 0 Å². The van der Waals surface area contributed by atoms with Crippen LogP contribution < -0.4 is 5.56 Å². The Labute approximate surface area is 146 Å². The van der Waals surface area contributed by atoms with Gasteiger partial charge in [-0.15, -0.1) is 0 Å². The molecule has 0 aromatic carbocycles. The van der Waals surface area contributed by atoms with Crippen molar-refractivity contribution in [1.29, 1.82) is 0 Å². The molecule has 7 nitrogen and oxygen atoms in total.